The molecule has 3 aromatic rings. The second-order valence-corrected chi connectivity index (χ2v) is 10.2. The van der Waals surface area contributed by atoms with E-state index < -0.39 is 36.9 Å². The van der Waals surface area contributed by atoms with Gasteiger partial charge in [0, 0.05) is 24.5 Å². The van der Waals surface area contributed by atoms with Crippen LogP contribution in [-0.4, -0.2) is 51.2 Å². The Hall–Kier alpha value is -3.65. The summed E-state index contributed by atoms with van der Waals surface area (Å²) in [5, 5.41) is 13.5. The van der Waals surface area contributed by atoms with Crippen LogP contribution in [0.2, 0.25) is 0 Å². The lowest BCUT2D eigenvalue weighted by atomic mass is 9.99. The Kier molecular flexibility index (Phi) is 6.20. The number of hydrogen-bond donors (Lipinski definition) is 4. The van der Waals surface area contributed by atoms with Gasteiger partial charge in [0.05, 0.1) is 5.69 Å². The van der Waals surface area contributed by atoms with Gasteiger partial charge in [-0.15, -0.1) is 0 Å². The number of hydrogen-bond acceptors (Lipinski definition) is 9. The van der Waals surface area contributed by atoms with Crippen molar-refractivity contribution >= 4 is 49.8 Å². The molecule has 33 heavy (non-hydrogen) atoms. The molecule has 3 aromatic heterocycles. The molecule has 12 nitrogen and oxygen atoms in total. The molecule has 0 spiro atoms. The van der Waals surface area contributed by atoms with Crippen molar-refractivity contribution in [1.29, 1.82) is 0 Å². The van der Waals surface area contributed by atoms with E-state index in [1.807, 2.05) is 0 Å². The number of pyridine rings is 1. The van der Waals surface area contributed by atoms with E-state index in [2.05, 4.69) is 30.6 Å². The Bertz CT molecular complexity index is 1310. The van der Waals surface area contributed by atoms with Gasteiger partial charge in [-0.2, -0.15) is 0 Å². The average molecular weight is 491 g/mol. The number of carboxylic acid groups (broad SMARTS) is 1. The molecule has 0 radical (unpaired) electrons. The lowest BCUT2D eigenvalue weighted by molar-refractivity contribution is 0.0687. The fourth-order valence-corrected chi connectivity index (χ4v) is 6.08. The summed E-state index contributed by atoms with van der Waals surface area (Å²) in [6, 6.07) is 2.24. The van der Waals surface area contributed by atoms with Crippen LogP contribution >= 0.6 is 11.3 Å². The zero-order valence-electron chi connectivity index (χ0n) is 16.9. The molecule has 0 bridgehead atoms. The van der Waals surface area contributed by atoms with Crippen LogP contribution in [0.4, 0.5) is 15.6 Å². The molecule has 0 aromatic carbocycles. The molecule has 1 aliphatic carbocycles. The Morgan fingerprint density at radius 2 is 1.85 bits per heavy atom. The first kappa shape index (κ1) is 22.5. The van der Waals surface area contributed by atoms with E-state index in [9.17, 15) is 27.9 Å². The topological polar surface area (TPSA) is 184 Å². The first-order valence-corrected chi connectivity index (χ1v) is 12.1. The van der Waals surface area contributed by atoms with E-state index in [-0.39, 0.29) is 28.2 Å². The minimum absolute atomic E-state index is 0.131. The zero-order valence-corrected chi connectivity index (χ0v) is 18.6. The first-order chi connectivity index (χ1) is 15.8. The fraction of sp³-hybridized carbons (Fsp3) is 0.263. The molecule has 14 heteroatoms. The highest BCUT2D eigenvalue weighted by Gasteiger charge is 2.32. The van der Waals surface area contributed by atoms with Gasteiger partial charge in [0.25, 0.3) is 9.84 Å². The molecule has 0 atom stereocenters. The summed E-state index contributed by atoms with van der Waals surface area (Å²) < 4.78 is 24.8. The van der Waals surface area contributed by atoms with E-state index in [4.69, 9.17) is 0 Å². The molecule has 0 saturated heterocycles. The number of ketones is 1. The number of imidazole rings is 1. The molecule has 0 aliphatic heterocycles. The van der Waals surface area contributed by atoms with Crippen LogP contribution in [0.15, 0.2) is 40.1 Å². The number of carbonyl (C=O) groups is 3. The SMILES string of the molecule is O=C(Nc1nc(C(=O)O)c(S(=O)(=O)c2ncc[nH]2)s1)Nc1cccnc1C(=O)C1CCCC1. The normalized spacial score (nSPS) is 14.2. The van der Waals surface area contributed by atoms with Crippen LogP contribution in [0.1, 0.15) is 46.7 Å². The van der Waals surface area contributed by atoms with Crippen LogP contribution in [0, 0.1) is 5.92 Å². The number of rotatable bonds is 7. The number of anilines is 2. The van der Waals surface area contributed by atoms with Crippen LogP contribution in [0.25, 0.3) is 0 Å². The van der Waals surface area contributed by atoms with Gasteiger partial charge in [-0.3, -0.25) is 15.1 Å². The maximum Gasteiger partial charge on any atom is 0.356 e. The zero-order chi connectivity index (χ0) is 23.6. The van der Waals surface area contributed by atoms with Crippen LogP contribution in [-0.2, 0) is 9.84 Å². The molecule has 172 valence electrons. The highest BCUT2D eigenvalue weighted by Crippen LogP contribution is 2.32. The summed E-state index contributed by atoms with van der Waals surface area (Å²) in [6.45, 7) is 0. The minimum atomic E-state index is -4.29. The number of thiazole rings is 1. The second-order valence-electron chi connectivity index (χ2n) is 7.18. The number of Topliss-reactive ketones (excluding diaryl/α,β-unsaturated/α-hetero) is 1. The molecule has 4 N–H and O–H groups in total. The Morgan fingerprint density at radius 3 is 2.52 bits per heavy atom. The van der Waals surface area contributed by atoms with Crippen molar-refractivity contribution in [2.75, 3.05) is 10.6 Å². The second kappa shape index (κ2) is 9.07. The highest BCUT2D eigenvalue weighted by molar-refractivity contribution is 7.93. The Morgan fingerprint density at radius 1 is 1.09 bits per heavy atom. The molecule has 2 amide bonds. The van der Waals surface area contributed by atoms with Gasteiger partial charge in [0.1, 0.15) is 5.69 Å². The summed E-state index contributed by atoms with van der Waals surface area (Å²) >= 11 is 0.468. The molecular formula is C19H18N6O6S2. The molecule has 1 aliphatic rings. The van der Waals surface area contributed by atoms with Crippen molar-refractivity contribution in [2.45, 2.75) is 35.0 Å². The Balaban J connectivity index is 1.56. The van der Waals surface area contributed by atoms with Crippen LogP contribution in [0.5, 0.6) is 0 Å². The number of aromatic nitrogens is 4. The first-order valence-electron chi connectivity index (χ1n) is 9.83. The van der Waals surface area contributed by atoms with Crippen molar-refractivity contribution in [1.82, 2.24) is 19.9 Å². The minimum Gasteiger partial charge on any atom is -0.476 e. The number of aromatic amines is 1. The summed E-state index contributed by atoms with van der Waals surface area (Å²) in [5.74, 6) is -1.88. The number of carbonyl (C=O) groups excluding carboxylic acids is 2. The number of sulfone groups is 1. The van der Waals surface area contributed by atoms with Gasteiger partial charge < -0.3 is 15.4 Å². The third kappa shape index (κ3) is 4.61. The number of urea groups is 1. The quantitative estimate of drug-likeness (QED) is 0.361. The van der Waals surface area contributed by atoms with E-state index in [0.717, 1.165) is 25.7 Å². The highest BCUT2D eigenvalue weighted by atomic mass is 32.2. The van der Waals surface area contributed by atoms with E-state index in [0.29, 0.717) is 11.3 Å². The van der Waals surface area contributed by atoms with E-state index in [1.165, 1.54) is 24.7 Å². The smallest absolute Gasteiger partial charge is 0.356 e. The third-order valence-corrected chi connectivity index (χ3v) is 8.09. The number of nitrogens with one attached hydrogen (secondary N) is 3. The van der Waals surface area contributed by atoms with Gasteiger partial charge in [0.15, 0.2) is 20.8 Å². The standard InChI is InChI=1S/C19H18N6O6S2/c26-14(10-4-1-2-5-10)12-11(6-3-7-20-12)23-17(29)25-18-24-13(15(27)28)16(32-18)33(30,31)19-21-8-9-22-19/h3,6-10H,1-2,4-5H2,(H,21,22)(H,27,28)(H2,23,24,25,29). The maximum atomic E-state index is 12.8. The molecular weight excluding hydrogens is 472 g/mol. The molecule has 0 unspecified atom stereocenters. The molecule has 3 heterocycles. The predicted octanol–water partition coefficient (Wildman–Crippen LogP) is 2.81. The van der Waals surface area contributed by atoms with Crippen molar-refractivity contribution in [3.8, 4) is 0 Å². The predicted molar refractivity (Wildman–Crippen MR) is 116 cm³/mol. The summed E-state index contributed by atoms with van der Waals surface area (Å²) in [7, 11) is -4.29. The summed E-state index contributed by atoms with van der Waals surface area (Å²) in [5.41, 5.74) is -0.429. The molecule has 1 saturated carbocycles. The largest absolute Gasteiger partial charge is 0.476 e. The average Bonchev–Trinajstić information content (AvgIpc) is 3.55. The lowest BCUT2D eigenvalue weighted by Gasteiger charge is -2.12. The van der Waals surface area contributed by atoms with Crippen molar-refractivity contribution in [2.24, 2.45) is 5.92 Å². The summed E-state index contributed by atoms with van der Waals surface area (Å²) in [4.78, 5) is 50.8. The molecule has 4 rings (SSSR count). The Labute approximate surface area is 191 Å². The lowest BCUT2D eigenvalue weighted by Crippen LogP contribution is -2.23. The number of carboxylic acids is 1. The monoisotopic (exact) mass is 490 g/mol. The van der Waals surface area contributed by atoms with Crippen LogP contribution in [0.3, 0.4) is 0 Å². The van der Waals surface area contributed by atoms with E-state index in [1.54, 1.807) is 6.07 Å². The molecule has 1 fully saturated rings. The van der Waals surface area contributed by atoms with Crippen LogP contribution < -0.4 is 10.6 Å². The van der Waals surface area contributed by atoms with Gasteiger partial charge in [-0.05, 0) is 25.0 Å². The number of nitrogens with zero attached hydrogens (tertiary/aromatic N) is 3. The van der Waals surface area contributed by atoms with E-state index >= 15 is 0 Å². The van der Waals surface area contributed by atoms with Crippen molar-refractivity contribution in [3.63, 3.8) is 0 Å². The summed E-state index contributed by atoms with van der Waals surface area (Å²) in [6.07, 6.45) is 7.41. The fourth-order valence-electron chi connectivity index (χ4n) is 3.50. The van der Waals surface area contributed by atoms with Gasteiger partial charge in [0.2, 0.25) is 5.16 Å². The van der Waals surface area contributed by atoms with Crippen molar-refractivity contribution < 1.29 is 27.9 Å². The number of amides is 2. The van der Waals surface area contributed by atoms with Crippen molar-refractivity contribution in [3.05, 3.63) is 42.1 Å². The number of aromatic carboxylic acids is 1. The number of H-pyrrole nitrogens is 1. The van der Waals surface area contributed by atoms with Gasteiger partial charge in [-0.25, -0.2) is 28.0 Å². The third-order valence-electron chi connectivity index (χ3n) is 5.01. The van der Waals surface area contributed by atoms with Gasteiger partial charge in [-0.1, -0.05) is 24.2 Å². The van der Waals surface area contributed by atoms with Gasteiger partial charge >= 0.3 is 12.0 Å². The maximum absolute atomic E-state index is 12.8.